The zero-order valence-electron chi connectivity index (χ0n) is 8.67. The van der Waals surface area contributed by atoms with Gasteiger partial charge in [-0.15, -0.1) is 0 Å². The first-order valence-electron chi connectivity index (χ1n) is 4.70. The van der Waals surface area contributed by atoms with Crippen LogP contribution in [0.4, 0.5) is 10.5 Å². The monoisotopic (exact) mass is 320 g/mol. The third-order valence-electron chi connectivity index (χ3n) is 1.80. The van der Waals surface area contributed by atoms with Gasteiger partial charge in [0.1, 0.15) is 0 Å². The van der Waals surface area contributed by atoms with E-state index in [0.29, 0.717) is 10.7 Å². The van der Waals surface area contributed by atoms with Crippen LogP contribution < -0.4 is 10.6 Å². The SMILES string of the molecule is O=C(O)CCNC(=O)Nc1ccc(Br)c(Cl)c1. The van der Waals surface area contributed by atoms with Gasteiger partial charge in [0, 0.05) is 16.7 Å². The molecule has 0 radical (unpaired) electrons. The number of rotatable bonds is 4. The maximum Gasteiger partial charge on any atom is 0.319 e. The van der Waals surface area contributed by atoms with Crippen LogP contribution in [0.1, 0.15) is 6.42 Å². The van der Waals surface area contributed by atoms with Gasteiger partial charge in [0.25, 0.3) is 0 Å². The van der Waals surface area contributed by atoms with E-state index < -0.39 is 12.0 Å². The van der Waals surface area contributed by atoms with Crippen LogP contribution in [0, 0.1) is 0 Å². The predicted octanol–water partition coefficient (Wildman–Crippen LogP) is 2.70. The zero-order chi connectivity index (χ0) is 12.8. The van der Waals surface area contributed by atoms with Gasteiger partial charge >= 0.3 is 12.0 Å². The molecule has 7 heteroatoms. The van der Waals surface area contributed by atoms with Gasteiger partial charge < -0.3 is 15.7 Å². The molecule has 0 fully saturated rings. The van der Waals surface area contributed by atoms with E-state index in [4.69, 9.17) is 16.7 Å². The Morgan fingerprint density at radius 3 is 2.71 bits per heavy atom. The molecule has 2 amide bonds. The fraction of sp³-hybridized carbons (Fsp3) is 0.200. The summed E-state index contributed by atoms with van der Waals surface area (Å²) in [7, 11) is 0. The molecule has 0 aliphatic heterocycles. The van der Waals surface area contributed by atoms with E-state index in [1.165, 1.54) is 0 Å². The Morgan fingerprint density at radius 2 is 2.12 bits per heavy atom. The highest BCUT2D eigenvalue weighted by Gasteiger charge is 2.04. The average Bonchev–Trinajstić information content (AvgIpc) is 2.23. The summed E-state index contributed by atoms with van der Waals surface area (Å²) in [5.41, 5.74) is 0.533. The van der Waals surface area contributed by atoms with E-state index in [2.05, 4.69) is 26.6 Å². The molecule has 0 unspecified atom stereocenters. The molecule has 0 saturated heterocycles. The lowest BCUT2D eigenvalue weighted by Gasteiger charge is -2.07. The van der Waals surface area contributed by atoms with Crippen molar-refractivity contribution in [2.45, 2.75) is 6.42 Å². The molecular weight excluding hydrogens is 311 g/mol. The van der Waals surface area contributed by atoms with Crippen molar-refractivity contribution < 1.29 is 14.7 Å². The Balaban J connectivity index is 2.45. The Labute approximate surface area is 111 Å². The summed E-state index contributed by atoms with van der Waals surface area (Å²) in [6.45, 7) is 0.0748. The fourth-order valence-corrected chi connectivity index (χ4v) is 1.46. The van der Waals surface area contributed by atoms with Gasteiger partial charge in [0.2, 0.25) is 0 Å². The molecule has 0 saturated carbocycles. The minimum Gasteiger partial charge on any atom is -0.481 e. The number of carbonyl (C=O) groups excluding carboxylic acids is 1. The summed E-state index contributed by atoms with van der Waals surface area (Å²) < 4.78 is 0.732. The molecule has 0 aromatic heterocycles. The molecule has 3 N–H and O–H groups in total. The van der Waals surface area contributed by atoms with Crippen LogP contribution in [0.2, 0.25) is 5.02 Å². The summed E-state index contributed by atoms with van der Waals surface area (Å²) in [5.74, 6) is -0.961. The van der Waals surface area contributed by atoms with Gasteiger partial charge in [-0.05, 0) is 34.1 Å². The number of urea groups is 1. The number of amides is 2. The van der Waals surface area contributed by atoms with Gasteiger partial charge in [-0.3, -0.25) is 4.79 Å². The molecule has 1 aromatic carbocycles. The van der Waals surface area contributed by atoms with Gasteiger partial charge in [0.05, 0.1) is 11.4 Å². The third kappa shape index (κ3) is 5.06. The van der Waals surface area contributed by atoms with Gasteiger partial charge in [0.15, 0.2) is 0 Å². The lowest BCUT2D eigenvalue weighted by Crippen LogP contribution is -2.30. The molecule has 1 rings (SSSR count). The second-order valence-corrected chi connectivity index (χ2v) is 4.42. The quantitative estimate of drug-likeness (QED) is 0.798. The number of carboxylic acids is 1. The van der Waals surface area contributed by atoms with E-state index in [0.717, 1.165) is 4.47 Å². The lowest BCUT2D eigenvalue weighted by molar-refractivity contribution is -0.136. The van der Waals surface area contributed by atoms with E-state index in [1.807, 2.05) is 0 Å². The normalized spacial score (nSPS) is 9.76. The maximum absolute atomic E-state index is 11.3. The molecule has 0 atom stereocenters. The second kappa shape index (κ2) is 6.46. The van der Waals surface area contributed by atoms with Crippen LogP contribution in [-0.2, 0) is 4.79 Å². The van der Waals surface area contributed by atoms with Crippen LogP contribution in [0.3, 0.4) is 0 Å². The Kier molecular flexibility index (Phi) is 5.24. The molecule has 0 heterocycles. The largest absolute Gasteiger partial charge is 0.481 e. The van der Waals surface area contributed by atoms with Crippen molar-refractivity contribution in [1.29, 1.82) is 0 Å². The fourth-order valence-electron chi connectivity index (χ4n) is 1.03. The molecular formula is C10H10BrClN2O3. The number of hydrogen-bond acceptors (Lipinski definition) is 2. The molecule has 0 aliphatic rings. The predicted molar refractivity (Wildman–Crippen MR) is 68.4 cm³/mol. The van der Waals surface area contributed by atoms with Gasteiger partial charge in [-0.1, -0.05) is 11.6 Å². The molecule has 0 bridgehead atoms. The first-order valence-corrected chi connectivity index (χ1v) is 5.88. The van der Waals surface area contributed by atoms with Crippen molar-refractivity contribution in [3.8, 4) is 0 Å². The zero-order valence-corrected chi connectivity index (χ0v) is 11.0. The van der Waals surface area contributed by atoms with Gasteiger partial charge in [-0.25, -0.2) is 4.79 Å². The number of carboxylic acid groups (broad SMARTS) is 1. The number of halogens is 2. The Hall–Kier alpha value is -1.27. The number of anilines is 1. The van der Waals surface area contributed by atoms with Crippen LogP contribution in [0.15, 0.2) is 22.7 Å². The van der Waals surface area contributed by atoms with Crippen LogP contribution in [-0.4, -0.2) is 23.7 Å². The molecule has 92 valence electrons. The van der Waals surface area contributed by atoms with Crippen molar-refractivity contribution >= 4 is 45.2 Å². The molecule has 0 aliphatic carbocycles. The average molecular weight is 322 g/mol. The lowest BCUT2D eigenvalue weighted by atomic mass is 10.3. The van der Waals surface area contributed by atoms with Crippen LogP contribution in [0.25, 0.3) is 0 Å². The van der Waals surface area contributed by atoms with Crippen molar-refractivity contribution in [2.75, 3.05) is 11.9 Å². The highest BCUT2D eigenvalue weighted by Crippen LogP contribution is 2.25. The molecule has 5 nitrogen and oxygen atoms in total. The van der Waals surface area contributed by atoms with Crippen molar-refractivity contribution in [3.63, 3.8) is 0 Å². The van der Waals surface area contributed by atoms with E-state index in [-0.39, 0.29) is 13.0 Å². The molecule has 17 heavy (non-hydrogen) atoms. The van der Waals surface area contributed by atoms with Crippen molar-refractivity contribution in [2.24, 2.45) is 0 Å². The van der Waals surface area contributed by atoms with Crippen LogP contribution in [0.5, 0.6) is 0 Å². The minimum atomic E-state index is -0.961. The number of carbonyl (C=O) groups is 2. The highest BCUT2D eigenvalue weighted by atomic mass is 79.9. The third-order valence-corrected chi connectivity index (χ3v) is 3.03. The second-order valence-electron chi connectivity index (χ2n) is 3.15. The van der Waals surface area contributed by atoms with Crippen LogP contribution >= 0.6 is 27.5 Å². The van der Waals surface area contributed by atoms with Gasteiger partial charge in [-0.2, -0.15) is 0 Å². The van der Waals surface area contributed by atoms with E-state index in [9.17, 15) is 9.59 Å². The summed E-state index contributed by atoms with van der Waals surface area (Å²) >= 11 is 9.07. The van der Waals surface area contributed by atoms with Crippen molar-refractivity contribution in [1.82, 2.24) is 5.32 Å². The smallest absolute Gasteiger partial charge is 0.319 e. The summed E-state index contributed by atoms with van der Waals surface area (Å²) in [6.07, 6.45) is -0.117. The Morgan fingerprint density at radius 1 is 1.41 bits per heavy atom. The first kappa shape index (κ1) is 13.8. The number of hydrogen-bond donors (Lipinski definition) is 3. The number of aliphatic carboxylic acids is 1. The highest BCUT2D eigenvalue weighted by molar-refractivity contribution is 9.10. The number of benzene rings is 1. The maximum atomic E-state index is 11.3. The standard InChI is InChI=1S/C10H10BrClN2O3/c11-7-2-1-6(5-8(7)12)14-10(17)13-4-3-9(15)16/h1-2,5H,3-4H2,(H,15,16)(H2,13,14,17). The summed E-state index contributed by atoms with van der Waals surface area (Å²) in [6, 6.07) is 4.49. The minimum absolute atomic E-state index is 0.0748. The molecule has 0 spiro atoms. The van der Waals surface area contributed by atoms with E-state index in [1.54, 1.807) is 18.2 Å². The topological polar surface area (TPSA) is 78.4 Å². The van der Waals surface area contributed by atoms with Crippen molar-refractivity contribution in [3.05, 3.63) is 27.7 Å². The Bertz CT molecular complexity index is 440. The number of nitrogens with one attached hydrogen (secondary N) is 2. The van der Waals surface area contributed by atoms with E-state index >= 15 is 0 Å². The molecule has 1 aromatic rings. The summed E-state index contributed by atoms with van der Waals surface area (Å²) in [4.78, 5) is 21.5. The first-order chi connectivity index (χ1) is 7.99. The summed E-state index contributed by atoms with van der Waals surface area (Å²) in [5, 5.41) is 13.8.